The maximum absolute atomic E-state index is 12.8. The molecule has 1 N–H and O–H groups in total. The van der Waals surface area contributed by atoms with Gasteiger partial charge in [0.05, 0.1) is 30.4 Å². The van der Waals surface area contributed by atoms with Crippen molar-refractivity contribution in [2.45, 2.75) is 18.5 Å². The van der Waals surface area contributed by atoms with Crippen LogP contribution < -0.4 is 0 Å². The first kappa shape index (κ1) is 18.0. The van der Waals surface area contributed by atoms with Crippen LogP contribution in [0, 0.1) is 0 Å². The number of benzene rings is 1. The first-order valence-corrected chi connectivity index (χ1v) is 6.85. The molecule has 0 aromatic heterocycles. The number of morpholine rings is 1. The van der Waals surface area contributed by atoms with Gasteiger partial charge in [0.15, 0.2) is 0 Å². The lowest BCUT2D eigenvalue weighted by Crippen LogP contribution is -2.38. The fourth-order valence-corrected chi connectivity index (χ4v) is 2.31. The van der Waals surface area contributed by atoms with E-state index in [1.807, 2.05) is 0 Å². The van der Waals surface area contributed by atoms with Crippen molar-refractivity contribution in [1.82, 2.24) is 4.90 Å². The summed E-state index contributed by atoms with van der Waals surface area (Å²) < 4.78 is 81.8. The van der Waals surface area contributed by atoms with Gasteiger partial charge in [0.2, 0.25) is 0 Å². The Balaban J connectivity index is 2.28. The maximum Gasteiger partial charge on any atom is 0.416 e. The summed E-state index contributed by atoms with van der Waals surface area (Å²) in [5, 5.41) is 10.0. The van der Waals surface area contributed by atoms with Crippen LogP contribution in [0.3, 0.4) is 0 Å². The number of halogens is 6. The molecule has 1 aromatic rings. The Hall–Kier alpha value is -1.32. The average Bonchev–Trinajstić information content (AvgIpc) is 2.46. The normalized spacial score (nSPS) is 18.9. The topological polar surface area (TPSA) is 32.7 Å². The third-order valence-electron chi connectivity index (χ3n) is 3.53. The van der Waals surface area contributed by atoms with Crippen LogP contribution in [0.2, 0.25) is 0 Å². The van der Waals surface area contributed by atoms with Crippen molar-refractivity contribution in [3.05, 3.63) is 34.9 Å². The number of nitrogens with zero attached hydrogens (tertiary/aromatic N) is 1. The van der Waals surface area contributed by atoms with Gasteiger partial charge in [-0.15, -0.1) is 0 Å². The maximum atomic E-state index is 12.8. The van der Waals surface area contributed by atoms with Crippen LogP contribution in [0.1, 0.15) is 22.8 Å². The second-order valence-electron chi connectivity index (χ2n) is 5.27. The Bertz CT molecular complexity index is 505. The molecular formula is C14H15F6NO2. The van der Waals surface area contributed by atoms with E-state index in [2.05, 4.69) is 0 Å². The number of rotatable bonds is 3. The number of alkyl halides is 6. The summed E-state index contributed by atoms with van der Waals surface area (Å²) in [4.78, 5) is 1.72. The molecule has 1 aliphatic rings. The van der Waals surface area contributed by atoms with Crippen molar-refractivity contribution in [3.8, 4) is 0 Å². The summed E-state index contributed by atoms with van der Waals surface area (Å²) in [7, 11) is 0. The summed E-state index contributed by atoms with van der Waals surface area (Å²) in [6.45, 7) is 1.68. The molecule has 1 unspecified atom stereocenters. The molecule has 0 bridgehead atoms. The largest absolute Gasteiger partial charge is 0.416 e. The van der Waals surface area contributed by atoms with Crippen LogP contribution in [0.25, 0.3) is 0 Å². The molecule has 1 fully saturated rings. The van der Waals surface area contributed by atoms with Crippen LogP contribution in [0.15, 0.2) is 18.2 Å². The number of aliphatic hydroxyl groups excluding tert-OH is 1. The highest BCUT2D eigenvalue weighted by Gasteiger charge is 2.37. The fraction of sp³-hybridized carbons (Fsp3) is 0.571. The van der Waals surface area contributed by atoms with E-state index >= 15 is 0 Å². The summed E-state index contributed by atoms with van der Waals surface area (Å²) in [6, 6.07) is 1.16. The third kappa shape index (κ3) is 4.82. The van der Waals surface area contributed by atoms with E-state index in [4.69, 9.17) is 4.74 Å². The monoisotopic (exact) mass is 343 g/mol. The van der Waals surface area contributed by atoms with Gasteiger partial charge < -0.3 is 9.84 Å². The number of ether oxygens (including phenoxy) is 1. The first-order chi connectivity index (χ1) is 10.6. The molecule has 0 spiro atoms. The van der Waals surface area contributed by atoms with Crippen molar-refractivity contribution < 1.29 is 36.2 Å². The SMILES string of the molecule is OC(CN1CCOCC1)c1cc(C(F)(F)F)cc(C(F)(F)F)c1. The molecule has 130 valence electrons. The summed E-state index contributed by atoms with van der Waals surface area (Å²) in [5.41, 5.74) is -3.26. The smallest absolute Gasteiger partial charge is 0.387 e. The highest BCUT2D eigenvalue weighted by molar-refractivity contribution is 5.34. The van der Waals surface area contributed by atoms with Crippen molar-refractivity contribution in [1.29, 1.82) is 0 Å². The van der Waals surface area contributed by atoms with Gasteiger partial charge in [-0.1, -0.05) is 0 Å². The molecule has 23 heavy (non-hydrogen) atoms. The van der Waals surface area contributed by atoms with Gasteiger partial charge in [-0.05, 0) is 23.8 Å². The molecule has 1 aromatic carbocycles. The third-order valence-corrected chi connectivity index (χ3v) is 3.53. The molecule has 1 aliphatic heterocycles. The van der Waals surface area contributed by atoms with Gasteiger partial charge >= 0.3 is 12.4 Å². The highest BCUT2D eigenvalue weighted by atomic mass is 19.4. The average molecular weight is 343 g/mol. The predicted molar refractivity (Wildman–Crippen MR) is 68.7 cm³/mol. The van der Waals surface area contributed by atoms with Gasteiger partial charge in [-0.2, -0.15) is 26.3 Å². The van der Waals surface area contributed by atoms with E-state index in [1.54, 1.807) is 4.90 Å². The molecule has 0 aliphatic carbocycles. The Morgan fingerprint density at radius 1 is 0.957 bits per heavy atom. The van der Waals surface area contributed by atoms with E-state index in [0.717, 1.165) is 0 Å². The van der Waals surface area contributed by atoms with Crippen molar-refractivity contribution in [2.75, 3.05) is 32.8 Å². The van der Waals surface area contributed by atoms with E-state index in [9.17, 15) is 31.4 Å². The fourth-order valence-electron chi connectivity index (χ4n) is 2.31. The Kier molecular flexibility index (Phi) is 5.22. The van der Waals surface area contributed by atoms with Crippen molar-refractivity contribution in [3.63, 3.8) is 0 Å². The van der Waals surface area contributed by atoms with Crippen molar-refractivity contribution in [2.24, 2.45) is 0 Å². The minimum atomic E-state index is -4.92. The molecule has 0 saturated carbocycles. The van der Waals surface area contributed by atoms with Crippen molar-refractivity contribution >= 4 is 0 Å². The van der Waals surface area contributed by atoms with E-state index in [1.165, 1.54) is 0 Å². The molecule has 1 atom stereocenters. The van der Waals surface area contributed by atoms with E-state index < -0.39 is 35.1 Å². The predicted octanol–water partition coefficient (Wildman–Crippen LogP) is 3.09. The Morgan fingerprint density at radius 2 is 1.43 bits per heavy atom. The second-order valence-corrected chi connectivity index (χ2v) is 5.27. The number of hydrogen-bond acceptors (Lipinski definition) is 3. The lowest BCUT2D eigenvalue weighted by molar-refractivity contribution is -0.143. The van der Waals surface area contributed by atoms with Crippen LogP contribution in [0.4, 0.5) is 26.3 Å². The lowest BCUT2D eigenvalue weighted by atomic mass is 10.0. The number of aliphatic hydroxyl groups is 1. The summed E-state index contributed by atoms with van der Waals surface area (Å²) in [6.07, 6.45) is -11.3. The molecule has 2 rings (SSSR count). The molecule has 0 amide bonds. The quantitative estimate of drug-likeness (QED) is 0.856. The standard InChI is InChI=1S/C14H15F6NO2/c15-13(16,17)10-5-9(6-11(7-10)14(18,19)20)12(22)8-21-1-3-23-4-2-21/h5-7,12,22H,1-4,8H2. The van der Waals surface area contributed by atoms with E-state index in [-0.39, 0.29) is 12.6 Å². The first-order valence-electron chi connectivity index (χ1n) is 6.85. The van der Waals surface area contributed by atoms with Gasteiger partial charge in [0.1, 0.15) is 0 Å². The van der Waals surface area contributed by atoms with Gasteiger partial charge in [0.25, 0.3) is 0 Å². The minimum absolute atomic E-state index is 0.0466. The lowest BCUT2D eigenvalue weighted by Gasteiger charge is -2.29. The zero-order valence-corrected chi connectivity index (χ0v) is 11.9. The number of β-amino-alcohol motifs (C(OH)–C–C–N with tert-alkyl or cyclic N) is 1. The molecule has 1 saturated heterocycles. The van der Waals surface area contributed by atoms with Gasteiger partial charge in [0, 0.05) is 19.6 Å². The van der Waals surface area contributed by atoms with Gasteiger partial charge in [-0.25, -0.2) is 0 Å². The molecule has 9 heteroatoms. The van der Waals surface area contributed by atoms with Crippen LogP contribution in [-0.2, 0) is 17.1 Å². The second kappa shape index (κ2) is 6.66. The Morgan fingerprint density at radius 3 is 1.87 bits per heavy atom. The minimum Gasteiger partial charge on any atom is -0.387 e. The van der Waals surface area contributed by atoms with Crippen LogP contribution in [-0.4, -0.2) is 42.9 Å². The number of hydrogen-bond donors (Lipinski definition) is 1. The summed E-state index contributed by atoms with van der Waals surface area (Å²) >= 11 is 0. The highest BCUT2D eigenvalue weighted by Crippen LogP contribution is 2.37. The molecule has 0 radical (unpaired) electrons. The zero-order chi connectivity index (χ0) is 17.3. The zero-order valence-electron chi connectivity index (χ0n) is 11.9. The Labute approximate surface area is 128 Å². The van der Waals surface area contributed by atoms with Crippen LogP contribution in [0.5, 0.6) is 0 Å². The van der Waals surface area contributed by atoms with Crippen LogP contribution >= 0.6 is 0 Å². The molecule has 1 heterocycles. The van der Waals surface area contributed by atoms with Gasteiger partial charge in [-0.3, -0.25) is 4.90 Å². The van der Waals surface area contributed by atoms with E-state index in [0.29, 0.717) is 38.4 Å². The molecular weight excluding hydrogens is 328 g/mol. The molecule has 3 nitrogen and oxygen atoms in total. The summed E-state index contributed by atoms with van der Waals surface area (Å²) in [5.74, 6) is 0.